The number of esters is 1. The largest absolute Gasteiger partial charge is 0.491 e. The Morgan fingerprint density at radius 1 is 0.939 bits per heavy atom. The summed E-state index contributed by atoms with van der Waals surface area (Å²) < 4.78 is 16.4. The van der Waals surface area contributed by atoms with E-state index in [0.717, 1.165) is 55.0 Å². The fraction of sp³-hybridized carbons (Fsp3) is 0.464. The summed E-state index contributed by atoms with van der Waals surface area (Å²) in [5, 5.41) is 0. The molecule has 33 heavy (non-hydrogen) atoms. The van der Waals surface area contributed by atoms with Crippen LogP contribution in [0.15, 0.2) is 48.5 Å². The van der Waals surface area contributed by atoms with Gasteiger partial charge in [-0.05, 0) is 79.6 Å². The van der Waals surface area contributed by atoms with Gasteiger partial charge in [0.2, 0.25) is 0 Å². The van der Waals surface area contributed by atoms with Gasteiger partial charge in [-0.25, -0.2) is 4.79 Å². The van der Waals surface area contributed by atoms with E-state index < -0.39 is 0 Å². The first-order valence-corrected chi connectivity index (χ1v) is 12.3. The van der Waals surface area contributed by atoms with Gasteiger partial charge in [0, 0.05) is 31.5 Å². The van der Waals surface area contributed by atoms with E-state index in [2.05, 4.69) is 42.2 Å². The number of rotatable bonds is 12. The van der Waals surface area contributed by atoms with Crippen LogP contribution >= 0.6 is 0 Å². The quantitative estimate of drug-likeness (QED) is 0.221. The number of hydrogen-bond acceptors (Lipinski definition) is 5. The summed E-state index contributed by atoms with van der Waals surface area (Å²) in [5.41, 5.74) is 4.42. The third-order valence-electron chi connectivity index (χ3n) is 5.74. The second-order valence-corrected chi connectivity index (χ2v) is 8.25. The van der Waals surface area contributed by atoms with Crippen LogP contribution in [0.3, 0.4) is 0 Å². The molecule has 1 saturated heterocycles. The molecule has 2 aromatic rings. The molecule has 1 heterocycles. The van der Waals surface area contributed by atoms with Crippen molar-refractivity contribution in [3.05, 3.63) is 54.1 Å². The standard InChI is InChI=1S/C28H37NO4/c1-3-5-19-31-20-21-33-26-13-9-23(10-14-26)24-11-15-27(29-17-7-6-8-18-29)25(22-24)12-16-28(30)32-4-2/h9-16,22H,3-8,17-21H2,1-2H3. The van der Waals surface area contributed by atoms with Crippen molar-refractivity contribution in [3.63, 3.8) is 0 Å². The van der Waals surface area contributed by atoms with E-state index >= 15 is 0 Å². The summed E-state index contributed by atoms with van der Waals surface area (Å²) in [6.45, 7) is 8.40. The minimum atomic E-state index is -0.312. The lowest BCUT2D eigenvalue weighted by molar-refractivity contribution is -0.137. The molecule has 5 nitrogen and oxygen atoms in total. The summed E-state index contributed by atoms with van der Waals surface area (Å²) in [4.78, 5) is 14.3. The minimum Gasteiger partial charge on any atom is -0.491 e. The van der Waals surface area contributed by atoms with Crippen LogP contribution in [0.4, 0.5) is 5.69 Å². The number of hydrogen-bond donors (Lipinski definition) is 0. The van der Waals surface area contributed by atoms with Crippen LogP contribution in [0.5, 0.6) is 5.75 Å². The van der Waals surface area contributed by atoms with Gasteiger partial charge in [-0.2, -0.15) is 0 Å². The molecule has 0 spiro atoms. The molecule has 1 aliphatic heterocycles. The van der Waals surface area contributed by atoms with Gasteiger partial charge in [0.05, 0.1) is 13.2 Å². The topological polar surface area (TPSA) is 48.0 Å². The number of anilines is 1. The summed E-state index contributed by atoms with van der Waals surface area (Å²) >= 11 is 0. The Balaban J connectivity index is 1.71. The van der Waals surface area contributed by atoms with E-state index in [1.807, 2.05) is 25.1 Å². The number of unbranched alkanes of at least 4 members (excludes halogenated alkanes) is 1. The Morgan fingerprint density at radius 2 is 1.70 bits per heavy atom. The highest BCUT2D eigenvalue weighted by molar-refractivity contribution is 5.89. The number of ether oxygens (including phenoxy) is 3. The lowest BCUT2D eigenvalue weighted by Crippen LogP contribution is -2.29. The molecule has 0 bridgehead atoms. The van der Waals surface area contributed by atoms with Crippen molar-refractivity contribution in [1.29, 1.82) is 0 Å². The van der Waals surface area contributed by atoms with Gasteiger partial charge in [0.25, 0.3) is 0 Å². The molecule has 178 valence electrons. The van der Waals surface area contributed by atoms with E-state index in [1.54, 1.807) is 0 Å². The zero-order chi connectivity index (χ0) is 23.3. The van der Waals surface area contributed by atoms with E-state index in [0.29, 0.717) is 19.8 Å². The molecule has 0 unspecified atom stereocenters. The van der Waals surface area contributed by atoms with Crippen molar-refractivity contribution in [2.45, 2.75) is 46.0 Å². The average molecular weight is 452 g/mol. The first-order valence-electron chi connectivity index (χ1n) is 12.3. The summed E-state index contributed by atoms with van der Waals surface area (Å²) in [6.07, 6.45) is 9.31. The van der Waals surface area contributed by atoms with Gasteiger partial charge in [0.1, 0.15) is 12.4 Å². The molecule has 1 aliphatic rings. The third-order valence-corrected chi connectivity index (χ3v) is 5.74. The van der Waals surface area contributed by atoms with Gasteiger partial charge >= 0.3 is 5.97 Å². The van der Waals surface area contributed by atoms with Crippen LogP contribution in [0.2, 0.25) is 0 Å². The molecule has 5 heteroatoms. The van der Waals surface area contributed by atoms with Crippen molar-refractivity contribution in [3.8, 4) is 16.9 Å². The Kier molecular flexibility index (Phi) is 10.3. The van der Waals surface area contributed by atoms with Crippen LogP contribution in [0.1, 0.15) is 51.5 Å². The second-order valence-electron chi connectivity index (χ2n) is 8.25. The second kappa shape index (κ2) is 13.7. The fourth-order valence-corrected chi connectivity index (χ4v) is 3.95. The van der Waals surface area contributed by atoms with Crippen molar-refractivity contribution >= 4 is 17.7 Å². The fourth-order valence-electron chi connectivity index (χ4n) is 3.95. The van der Waals surface area contributed by atoms with Crippen molar-refractivity contribution < 1.29 is 19.0 Å². The molecule has 0 aliphatic carbocycles. The van der Waals surface area contributed by atoms with Gasteiger partial charge in [-0.1, -0.05) is 31.5 Å². The normalized spacial score (nSPS) is 13.9. The maximum atomic E-state index is 11.9. The number of benzene rings is 2. The summed E-state index contributed by atoms with van der Waals surface area (Å²) in [7, 11) is 0. The van der Waals surface area contributed by atoms with E-state index in [-0.39, 0.29) is 5.97 Å². The first kappa shape index (κ1) is 24.8. The molecule has 0 N–H and O–H groups in total. The SMILES string of the molecule is CCCCOCCOc1ccc(-c2ccc(N3CCCCC3)c(C=CC(=O)OCC)c2)cc1. The average Bonchev–Trinajstić information content (AvgIpc) is 2.86. The molecule has 3 rings (SSSR count). The summed E-state index contributed by atoms with van der Waals surface area (Å²) in [5.74, 6) is 0.526. The smallest absolute Gasteiger partial charge is 0.330 e. The van der Waals surface area contributed by atoms with Crippen molar-refractivity contribution in [2.75, 3.05) is 44.4 Å². The zero-order valence-electron chi connectivity index (χ0n) is 20.1. The number of carbonyl (C=O) groups excluding carboxylic acids is 1. The molecular formula is C28H37NO4. The highest BCUT2D eigenvalue weighted by Crippen LogP contribution is 2.31. The number of piperidine rings is 1. The highest BCUT2D eigenvalue weighted by atomic mass is 16.5. The van der Waals surface area contributed by atoms with Crippen molar-refractivity contribution in [2.24, 2.45) is 0 Å². The molecule has 0 saturated carbocycles. The Labute approximate surface area is 198 Å². The van der Waals surface area contributed by atoms with Gasteiger partial charge < -0.3 is 19.1 Å². The molecular weight excluding hydrogens is 414 g/mol. The number of nitrogens with zero attached hydrogens (tertiary/aromatic N) is 1. The van der Waals surface area contributed by atoms with E-state index in [1.165, 1.54) is 31.0 Å². The molecule has 1 fully saturated rings. The molecule has 0 aromatic heterocycles. The zero-order valence-corrected chi connectivity index (χ0v) is 20.1. The Morgan fingerprint density at radius 3 is 2.42 bits per heavy atom. The van der Waals surface area contributed by atoms with Gasteiger partial charge in [-0.15, -0.1) is 0 Å². The number of carbonyl (C=O) groups is 1. The Bertz CT molecular complexity index is 885. The van der Waals surface area contributed by atoms with Gasteiger partial charge in [0.15, 0.2) is 0 Å². The highest BCUT2D eigenvalue weighted by Gasteiger charge is 2.14. The predicted octanol–water partition coefficient (Wildman–Crippen LogP) is 6.12. The first-order chi connectivity index (χ1) is 16.2. The Hall–Kier alpha value is -2.79. The lowest BCUT2D eigenvalue weighted by Gasteiger charge is -2.30. The lowest BCUT2D eigenvalue weighted by atomic mass is 9.99. The molecule has 0 atom stereocenters. The summed E-state index contributed by atoms with van der Waals surface area (Å²) in [6, 6.07) is 14.6. The van der Waals surface area contributed by atoms with Crippen LogP contribution in [-0.4, -0.2) is 45.5 Å². The van der Waals surface area contributed by atoms with Crippen LogP contribution in [0, 0.1) is 0 Å². The van der Waals surface area contributed by atoms with E-state index in [9.17, 15) is 4.79 Å². The monoisotopic (exact) mass is 451 g/mol. The molecule has 0 amide bonds. The third kappa shape index (κ3) is 7.93. The van der Waals surface area contributed by atoms with Crippen molar-refractivity contribution in [1.82, 2.24) is 0 Å². The predicted molar refractivity (Wildman–Crippen MR) is 135 cm³/mol. The molecule has 0 radical (unpaired) electrons. The maximum Gasteiger partial charge on any atom is 0.330 e. The van der Waals surface area contributed by atoms with E-state index in [4.69, 9.17) is 14.2 Å². The van der Waals surface area contributed by atoms with Crippen LogP contribution in [-0.2, 0) is 14.3 Å². The van der Waals surface area contributed by atoms with Gasteiger partial charge in [-0.3, -0.25) is 0 Å². The molecule has 2 aromatic carbocycles. The van der Waals surface area contributed by atoms with Crippen LogP contribution < -0.4 is 9.64 Å². The maximum absolute atomic E-state index is 11.9. The van der Waals surface area contributed by atoms with Crippen LogP contribution in [0.25, 0.3) is 17.2 Å². The minimum absolute atomic E-state index is 0.312.